The summed E-state index contributed by atoms with van der Waals surface area (Å²) in [5, 5.41) is 31.1. The maximum Gasteiger partial charge on any atom is 0.311 e. The summed E-state index contributed by atoms with van der Waals surface area (Å²) in [6.07, 6.45) is 17.7. The number of benzene rings is 1. The second-order valence-electron chi connectivity index (χ2n) is 14.4. The van der Waals surface area contributed by atoms with Gasteiger partial charge in [-0.05, 0) is 84.2 Å². The Morgan fingerprint density at radius 1 is 0.945 bits per heavy atom. The van der Waals surface area contributed by atoms with Gasteiger partial charge in [0.25, 0.3) is 5.91 Å². The van der Waals surface area contributed by atoms with Crippen LogP contribution in [-0.4, -0.2) is 66.4 Å². The number of nitrogens with one attached hydrogen (secondary N) is 2. The minimum absolute atomic E-state index is 0.0462. The van der Waals surface area contributed by atoms with Crippen molar-refractivity contribution < 1.29 is 38.9 Å². The largest absolute Gasteiger partial charge is 0.495 e. The van der Waals surface area contributed by atoms with Crippen molar-refractivity contribution in [1.29, 1.82) is 0 Å². The number of rotatable bonds is 26. The highest BCUT2D eigenvalue weighted by Crippen LogP contribution is 2.41. The van der Waals surface area contributed by atoms with Gasteiger partial charge in [-0.3, -0.25) is 9.59 Å². The van der Waals surface area contributed by atoms with Gasteiger partial charge in [0, 0.05) is 24.0 Å². The lowest BCUT2D eigenvalue weighted by atomic mass is 9.99. The number of nitrogens with zero attached hydrogens (tertiary/aromatic N) is 1. The number of aliphatic hydroxyl groups excluding tert-OH is 2. The van der Waals surface area contributed by atoms with E-state index >= 15 is 0 Å². The Kier molecular flexibility index (Phi) is 22.3. The van der Waals surface area contributed by atoms with Gasteiger partial charge in [0.05, 0.1) is 39.7 Å². The lowest BCUT2D eigenvalue weighted by Gasteiger charge is -2.27. The number of aliphatic hydroxyl groups is 2. The second kappa shape index (κ2) is 25.7. The smallest absolute Gasteiger partial charge is 0.311 e. The molecule has 2 aliphatic heterocycles. The van der Waals surface area contributed by atoms with Crippen molar-refractivity contribution in [3.8, 4) is 5.75 Å². The molecule has 2 amide bonds. The van der Waals surface area contributed by atoms with Crippen molar-refractivity contribution in [2.75, 3.05) is 26.8 Å². The summed E-state index contributed by atoms with van der Waals surface area (Å²) in [5.41, 5.74) is 0.417. The maximum absolute atomic E-state index is 12.8. The number of methoxy groups -OCH3 is 1. The summed E-state index contributed by atoms with van der Waals surface area (Å²) < 4.78 is 19.3. The fourth-order valence-corrected chi connectivity index (χ4v) is 9.29. The van der Waals surface area contributed by atoms with Crippen LogP contribution < -0.4 is 15.4 Å². The summed E-state index contributed by atoms with van der Waals surface area (Å²) in [6, 6.07) is 3.52. The first-order chi connectivity index (χ1) is 26.4. The van der Waals surface area contributed by atoms with Crippen molar-refractivity contribution in [2.24, 2.45) is 11.1 Å². The molecule has 3 rings (SSSR count). The van der Waals surface area contributed by atoms with Crippen molar-refractivity contribution in [3.05, 3.63) is 47.6 Å². The molecule has 0 radical (unpaired) electrons. The van der Waals surface area contributed by atoms with E-state index in [4.69, 9.17) is 19.0 Å². The molecule has 1 aromatic rings. The van der Waals surface area contributed by atoms with Gasteiger partial charge >= 0.3 is 5.79 Å². The third-order valence-electron chi connectivity index (χ3n) is 9.94. The molecule has 310 valence electrons. The molecule has 0 fully saturated rings. The molecule has 0 aliphatic carbocycles. The number of carbonyl (C=O) groups excluding carboxylic acids is 2. The van der Waals surface area contributed by atoms with Gasteiger partial charge in [-0.15, -0.1) is 0 Å². The first kappa shape index (κ1) is 47.7. The van der Waals surface area contributed by atoms with Crippen LogP contribution in [0, 0.1) is 5.92 Å². The normalized spacial score (nSPS) is 19.2. The molecule has 15 heteroatoms. The zero-order valence-corrected chi connectivity index (χ0v) is 38.8. The van der Waals surface area contributed by atoms with E-state index in [9.17, 15) is 19.8 Å². The number of ether oxygens (including phenoxy) is 3. The summed E-state index contributed by atoms with van der Waals surface area (Å²) in [4.78, 5) is 30.7. The summed E-state index contributed by atoms with van der Waals surface area (Å²) in [7, 11) is 1.50. The van der Waals surface area contributed by atoms with Crippen molar-refractivity contribution in [2.45, 2.75) is 141 Å². The minimum atomic E-state index is -1.62. The first-order valence-corrected chi connectivity index (χ1v) is 22.8. The summed E-state index contributed by atoms with van der Waals surface area (Å²) in [5.74, 6) is -0.383. The van der Waals surface area contributed by atoms with Crippen molar-refractivity contribution >= 4 is 81.2 Å². The second-order valence-corrected chi connectivity index (χ2v) is 17.9. The molecule has 0 bridgehead atoms. The third kappa shape index (κ3) is 15.9. The number of halogens is 4. The number of oxime groups is 1. The zero-order chi connectivity index (χ0) is 40.2. The van der Waals surface area contributed by atoms with Gasteiger partial charge in [0.15, 0.2) is 11.8 Å². The van der Waals surface area contributed by atoms with Crippen LogP contribution in [0.3, 0.4) is 0 Å². The number of allylic oxidation sites excluding steroid dienone is 1. The molecule has 55 heavy (non-hydrogen) atoms. The first-order valence-electron chi connectivity index (χ1n) is 19.7. The van der Waals surface area contributed by atoms with Crippen LogP contribution in [0.2, 0.25) is 0 Å². The van der Waals surface area contributed by atoms with Crippen molar-refractivity contribution in [1.82, 2.24) is 10.6 Å². The van der Waals surface area contributed by atoms with Gasteiger partial charge in [0.1, 0.15) is 17.8 Å². The quantitative estimate of drug-likeness (QED) is 0.0671. The molecule has 11 nitrogen and oxygen atoms in total. The highest BCUT2D eigenvalue weighted by atomic mass is 79.9. The Morgan fingerprint density at radius 3 is 2.15 bits per heavy atom. The van der Waals surface area contributed by atoms with Crippen LogP contribution in [0.4, 0.5) is 0 Å². The van der Waals surface area contributed by atoms with Gasteiger partial charge in [-0.25, -0.2) is 0 Å². The topological polar surface area (TPSA) is 148 Å². The molecule has 0 saturated carbocycles. The molecule has 0 aromatic heterocycles. The van der Waals surface area contributed by atoms with Crippen LogP contribution >= 0.6 is 63.7 Å². The van der Waals surface area contributed by atoms with Crippen molar-refractivity contribution in [3.63, 3.8) is 0 Å². The molecule has 1 aromatic carbocycles. The standard InChI is InChI=1S/C40H59Br4N3O8/c1-4-27(2)18-15-13-11-9-7-5-6-8-10-12-14-16-19-34(49)46-25-33(48)28-22-29(41)37(30(42)23-28)53-21-17-20-45-39(51)35-38(50)40(55-47-35)24-31(43)36(52-3)32(44)26-54-40/h22-23,26-27,33,38,48,50H,4-21,24-25H2,1-3H3,(H,45,51)(H,46,49)/t27?,33?,38-,40+/m0/s1. The highest BCUT2D eigenvalue weighted by Gasteiger charge is 2.54. The Labute approximate surface area is 360 Å². The monoisotopic (exact) mass is 1030 g/mol. The molecule has 4 N–H and O–H groups in total. The average molecular weight is 1030 g/mol. The average Bonchev–Trinajstić information content (AvgIpc) is 3.41. The van der Waals surface area contributed by atoms with E-state index in [1.807, 2.05) is 0 Å². The molecule has 2 heterocycles. The van der Waals surface area contributed by atoms with Crippen LogP contribution in [0.25, 0.3) is 0 Å². The van der Waals surface area contributed by atoms with Crippen LogP contribution in [0.1, 0.15) is 135 Å². The van der Waals surface area contributed by atoms with E-state index in [-0.39, 0.29) is 37.7 Å². The van der Waals surface area contributed by atoms with Crippen LogP contribution in [0.15, 0.2) is 47.2 Å². The molecule has 2 unspecified atom stereocenters. The Balaban J connectivity index is 1.26. The van der Waals surface area contributed by atoms with Crippen LogP contribution in [-0.2, 0) is 23.9 Å². The van der Waals surface area contributed by atoms with E-state index in [0.29, 0.717) is 47.8 Å². The predicted octanol–water partition coefficient (Wildman–Crippen LogP) is 10.1. The molecular formula is C40H59Br4N3O8. The number of hydrogen-bond acceptors (Lipinski definition) is 9. The number of unbranched alkanes of at least 4 members (excludes halogenated alkanes) is 11. The van der Waals surface area contributed by atoms with E-state index in [1.165, 1.54) is 84.0 Å². The van der Waals surface area contributed by atoms with Gasteiger partial charge < -0.3 is 39.9 Å². The maximum atomic E-state index is 12.8. The zero-order valence-electron chi connectivity index (χ0n) is 32.4. The van der Waals surface area contributed by atoms with E-state index in [2.05, 4.69) is 93.4 Å². The fraction of sp³-hybridized carbons (Fsp3) is 0.675. The highest BCUT2D eigenvalue weighted by molar-refractivity contribution is 9.12. The molecule has 1 spiro atoms. The Morgan fingerprint density at radius 2 is 1.55 bits per heavy atom. The summed E-state index contributed by atoms with van der Waals surface area (Å²) >= 11 is 13.8. The predicted molar refractivity (Wildman–Crippen MR) is 230 cm³/mol. The molecular weight excluding hydrogens is 970 g/mol. The number of hydrogen-bond donors (Lipinski definition) is 4. The summed E-state index contributed by atoms with van der Waals surface area (Å²) in [6.45, 7) is 5.26. The van der Waals surface area contributed by atoms with E-state index in [1.54, 1.807) is 12.1 Å². The van der Waals surface area contributed by atoms with Crippen LogP contribution in [0.5, 0.6) is 5.75 Å². The van der Waals surface area contributed by atoms with E-state index < -0.39 is 23.9 Å². The Hall–Kier alpha value is -1.65. The number of amides is 2. The molecule has 0 saturated heterocycles. The fourth-order valence-electron chi connectivity index (χ4n) is 6.31. The van der Waals surface area contributed by atoms with Gasteiger partial charge in [-0.2, -0.15) is 0 Å². The van der Waals surface area contributed by atoms with E-state index in [0.717, 1.165) is 25.2 Å². The van der Waals surface area contributed by atoms with Gasteiger partial charge in [0.2, 0.25) is 5.91 Å². The minimum Gasteiger partial charge on any atom is -0.495 e. The lowest BCUT2D eigenvalue weighted by Crippen LogP contribution is -2.49. The molecule has 4 atom stereocenters. The Bertz CT molecular complexity index is 1450. The van der Waals surface area contributed by atoms with Gasteiger partial charge in [-0.1, -0.05) is 118 Å². The SMILES string of the molecule is CCC(C)CCCCCCCCCCCCCCC(=O)NCC(O)c1cc(Br)c(OCCCNC(=O)C2=NO[C@]3(CC(Br)=C(OC)C(Br)=CO3)[C@H]2O)c(Br)c1. The third-order valence-corrected chi connectivity index (χ3v) is 12.3. The molecule has 2 aliphatic rings. The lowest BCUT2D eigenvalue weighted by molar-refractivity contribution is -0.225. The number of carbonyl (C=O) groups is 2.